The average Bonchev–Trinajstić information content (AvgIpc) is 2.58. The monoisotopic (exact) mass is 271 g/mol. The van der Waals surface area contributed by atoms with Crippen LogP contribution >= 0.6 is 0 Å². The lowest BCUT2D eigenvalue weighted by Gasteiger charge is -2.29. The van der Waals surface area contributed by atoms with E-state index < -0.39 is 0 Å². The van der Waals surface area contributed by atoms with Gasteiger partial charge in [0.25, 0.3) is 0 Å². The van der Waals surface area contributed by atoms with Gasteiger partial charge in [-0.3, -0.25) is 0 Å². The Hall–Kier alpha value is -1.88. The highest BCUT2D eigenvalue weighted by Gasteiger charge is 2.22. The molecular formula is C15H21N5. The molecule has 1 fully saturated rings. The number of fused-ring (bicyclic) bond motifs is 1. The first-order valence-corrected chi connectivity index (χ1v) is 7.10. The third-order valence-corrected chi connectivity index (χ3v) is 3.96. The Balaban J connectivity index is 2.04. The van der Waals surface area contributed by atoms with Crippen molar-refractivity contribution < 1.29 is 0 Å². The molecule has 0 bridgehead atoms. The second-order valence-corrected chi connectivity index (χ2v) is 5.63. The van der Waals surface area contributed by atoms with E-state index in [4.69, 9.17) is 5.73 Å². The fourth-order valence-corrected chi connectivity index (χ4v) is 2.98. The molecule has 1 aliphatic heterocycles. The van der Waals surface area contributed by atoms with E-state index in [-0.39, 0.29) is 0 Å². The minimum absolute atomic E-state index is 0.443. The van der Waals surface area contributed by atoms with Crippen molar-refractivity contribution in [3.8, 4) is 0 Å². The summed E-state index contributed by atoms with van der Waals surface area (Å²) in [5.41, 5.74) is 7.50. The molecular weight excluding hydrogens is 250 g/mol. The lowest BCUT2D eigenvalue weighted by Crippen LogP contribution is -2.38. The van der Waals surface area contributed by atoms with Gasteiger partial charge in [-0.2, -0.15) is 0 Å². The van der Waals surface area contributed by atoms with Crippen molar-refractivity contribution in [2.45, 2.75) is 19.4 Å². The van der Waals surface area contributed by atoms with Gasteiger partial charge in [0.15, 0.2) is 0 Å². The van der Waals surface area contributed by atoms with Gasteiger partial charge in [-0.15, -0.1) is 0 Å². The Labute approximate surface area is 119 Å². The molecule has 1 unspecified atom stereocenters. The first-order chi connectivity index (χ1) is 9.65. The van der Waals surface area contributed by atoms with E-state index in [1.165, 1.54) is 0 Å². The molecule has 106 valence electrons. The summed E-state index contributed by atoms with van der Waals surface area (Å²) in [6.45, 7) is 5.48. The van der Waals surface area contributed by atoms with Crippen molar-refractivity contribution in [1.29, 1.82) is 0 Å². The van der Waals surface area contributed by atoms with Crippen LogP contribution in [0.4, 0.5) is 11.5 Å². The molecule has 20 heavy (non-hydrogen) atoms. The quantitative estimate of drug-likeness (QED) is 0.801. The van der Waals surface area contributed by atoms with E-state index in [0.29, 0.717) is 6.04 Å². The van der Waals surface area contributed by atoms with E-state index in [0.717, 1.165) is 48.5 Å². The summed E-state index contributed by atoms with van der Waals surface area (Å²) in [7, 11) is 2.18. The zero-order valence-corrected chi connectivity index (χ0v) is 12.1. The fraction of sp³-hybridized carbons (Fsp3) is 0.467. The highest BCUT2D eigenvalue weighted by atomic mass is 15.3. The molecule has 3 rings (SSSR count). The molecule has 1 saturated heterocycles. The summed E-state index contributed by atoms with van der Waals surface area (Å²) >= 11 is 0. The molecule has 2 aromatic rings. The number of rotatable bonds is 1. The number of likely N-dealkylation sites (N-methyl/N-ethyl adjacent to an activating group) is 1. The van der Waals surface area contributed by atoms with E-state index in [2.05, 4.69) is 33.7 Å². The van der Waals surface area contributed by atoms with Gasteiger partial charge in [-0.1, -0.05) is 0 Å². The van der Waals surface area contributed by atoms with Crippen LogP contribution in [0.15, 0.2) is 24.5 Å². The summed E-state index contributed by atoms with van der Waals surface area (Å²) < 4.78 is 0. The average molecular weight is 271 g/mol. The first-order valence-electron chi connectivity index (χ1n) is 7.10. The zero-order chi connectivity index (χ0) is 14.1. The molecule has 2 heterocycles. The number of benzene rings is 1. The lowest BCUT2D eigenvalue weighted by molar-refractivity contribution is 0.337. The first kappa shape index (κ1) is 13.1. The van der Waals surface area contributed by atoms with Crippen molar-refractivity contribution in [3.05, 3.63) is 24.5 Å². The molecule has 0 spiro atoms. The summed E-state index contributed by atoms with van der Waals surface area (Å²) in [5.74, 6) is 1.03. The van der Waals surface area contributed by atoms with Gasteiger partial charge in [-0.05, 0) is 45.1 Å². The Kier molecular flexibility index (Phi) is 3.44. The number of hydrogen-bond acceptors (Lipinski definition) is 5. The molecule has 1 atom stereocenters. The van der Waals surface area contributed by atoms with Crippen molar-refractivity contribution in [1.82, 2.24) is 14.9 Å². The van der Waals surface area contributed by atoms with E-state index in [1.807, 2.05) is 18.2 Å². The van der Waals surface area contributed by atoms with Crippen molar-refractivity contribution >= 4 is 22.4 Å². The smallest absolute Gasteiger partial charge is 0.140 e. The maximum Gasteiger partial charge on any atom is 0.140 e. The molecule has 0 aliphatic carbocycles. The van der Waals surface area contributed by atoms with Crippen LogP contribution in [0.2, 0.25) is 0 Å². The molecule has 1 aliphatic rings. The van der Waals surface area contributed by atoms with Gasteiger partial charge in [-0.25, -0.2) is 9.97 Å². The Bertz CT molecular complexity index is 612. The fourth-order valence-electron chi connectivity index (χ4n) is 2.98. The van der Waals surface area contributed by atoms with Crippen LogP contribution in [-0.4, -0.2) is 47.6 Å². The summed E-state index contributed by atoms with van der Waals surface area (Å²) in [6, 6.07) is 6.30. The van der Waals surface area contributed by atoms with Gasteiger partial charge in [0.05, 0.1) is 5.52 Å². The van der Waals surface area contributed by atoms with Crippen LogP contribution < -0.4 is 10.6 Å². The van der Waals surface area contributed by atoms with Crippen LogP contribution in [-0.2, 0) is 0 Å². The van der Waals surface area contributed by atoms with Crippen LogP contribution in [0, 0.1) is 0 Å². The molecule has 0 radical (unpaired) electrons. The van der Waals surface area contributed by atoms with Gasteiger partial charge >= 0.3 is 0 Å². The Morgan fingerprint density at radius 3 is 2.95 bits per heavy atom. The highest BCUT2D eigenvalue weighted by molar-refractivity contribution is 5.91. The molecule has 5 heteroatoms. The van der Waals surface area contributed by atoms with Crippen molar-refractivity contribution in [2.24, 2.45) is 0 Å². The second-order valence-electron chi connectivity index (χ2n) is 5.63. The number of nitrogens with two attached hydrogens (primary N) is 1. The van der Waals surface area contributed by atoms with Crippen LogP contribution in [0.25, 0.3) is 10.9 Å². The van der Waals surface area contributed by atoms with E-state index in [9.17, 15) is 0 Å². The summed E-state index contributed by atoms with van der Waals surface area (Å²) in [4.78, 5) is 13.6. The molecule has 0 amide bonds. The predicted octanol–water partition coefficient (Wildman–Crippen LogP) is 1.74. The highest BCUT2D eigenvalue weighted by Crippen LogP contribution is 2.27. The number of hydrogen-bond donors (Lipinski definition) is 1. The molecule has 0 saturated carbocycles. The third kappa shape index (κ3) is 2.41. The zero-order valence-electron chi connectivity index (χ0n) is 12.1. The van der Waals surface area contributed by atoms with Crippen LogP contribution in [0.1, 0.15) is 13.3 Å². The van der Waals surface area contributed by atoms with Crippen molar-refractivity contribution in [2.75, 3.05) is 37.3 Å². The molecule has 1 aromatic heterocycles. The standard InChI is InChI=1S/C15H21N5/c1-11-9-19(2)6-3-7-20(11)15-13-5-4-12(16)8-14(13)17-10-18-15/h4-5,8,10-11H,3,6-7,9,16H2,1-2H3. The number of nitrogens with zero attached hydrogens (tertiary/aromatic N) is 4. The number of aromatic nitrogens is 2. The molecule has 5 nitrogen and oxygen atoms in total. The normalized spacial score (nSPS) is 21.1. The molecule has 2 N–H and O–H groups in total. The lowest BCUT2D eigenvalue weighted by atomic mass is 10.2. The van der Waals surface area contributed by atoms with Gasteiger partial charge < -0.3 is 15.5 Å². The van der Waals surface area contributed by atoms with Gasteiger partial charge in [0.2, 0.25) is 0 Å². The summed E-state index contributed by atoms with van der Waals surface area (Å²) in [5, 5.41) is 1.08. The second kappa shape index (κ2) is 5.25. The van der Waals surface area contributed by atoms with Crippen LogP contribution in [0.5, 0.6) is 0 Å². The Morgan fingerprint density at radius 1 is 1.25 bits per heavy atom. The minimum Gasteiger partial charge on any atom is -0.399 e. The maximum atomic E-state index is 5.84. The molecule has 1 aromatic carbocycles. The predicted molar refractivity (Wildman–Crippen MR) is 82.9 cm³/mol. The third-order valence-electron chi connectivity index (χ3n) is 3.96. The SMILES string of the molecule is CC1CN(C)CCCN1c1ncnc2cc(N)ccc12. The minimum atomic E-state index is 0.443. The maximum absolute atomic E-state index is 5.84. The van der Waals surface area contributed by atoms with E-state index in [1.54, 1.807) is 6.33 Å². The van der Waals surface area contributed by atoms with Crippen molar-refractivity contribution in [3.63, 3.8) is 0 Å². The van der Waals surface area contributed by atoms with Gasteiger partial charge in [0.1, 0.15) is 12.1 Å². The Morgan fingerprint density at radius 2 is 2.10 bits per heavy atom. The van der Waals surface area contributed by atoms with E-state index >= 15 is 0 Å². The number of anilines is 2. The summed E-state index contributed by atoms with van der Waals surface area (Å²) in [6.07, 6.45) is 2.79. The number of nitrogen functional groups attached to an aromatic ring is 1. The van der Waals surface area contributed by atoms with Crippen LogP contribution in [0.3, 0.4) is 0 Å². The van der Waals surface area contributed by atoms with Gasteiger partial charge in [0, 0.05) is 30.2 Å². The largest absolute Gasteiger partial charge is 0.399 e. The topological polar surface area (TPSA) is 58.3 Å².